The monoisotopic (exact) mass is 282 g/mol. The average Bonchev–Trinajstić information content (AvgIpc) is 2.47. The van der Waals surface area contributed by atoms with Gasteiger partial charge in [-0.25, -0.2) is 0 Å². The molecule has 1 fully saturated rings. The van der Waals surface area contributed by atoms with Gasteiger partial charge in [-0.3, -0.25) is 4.90 Å². The van der Waals surface area contributed by atoms with Crippen LogP contribution in [-0.2, 0) is 6.54 Å². The Morgan fingerprint density at radius 1 is 1.21 bits per heavy atom. The van der Waals surface area contributed by atoms with Gasteiger partial charge in [0, 0.05) is 38.3 Å². The Hall–Kier alpha value is -0.910. The van der Waals surface area contributed by atoms with Gasteiger partial charge in [0.15, 0.2) is 0 Å². The van der Waals surface area contributed by atoms with Crippen LogP contribution in [0.15, 0.2) is 17.0 Å². The molecule has 1 aromatic carbocycles. The largest absolute Gasteiger partial charge is 0.495 e. The second-order valence-electron chi connectivity index (χ2n) is 4.52. The van der Waals surface area contributed by atoms with Gasteiger partial charge in [0.1, 0.15) is 11.5 Å². The molecule has 1 heterocycles. The highest BCUT2D eigenvalue weighted by Crippen LogP contribution is 2.39. The van der Waals surface area contributed by atoms with Crippen LogP contribution in [0.2, 0.25) is 0 Å². The van der Waals surface area contributed by atoms with Crippen LogP contribution in [0.1, 0.15) is 5.56 Å². The SMILES string of the molecule is COc1ccc(CN2CCNCC2)c(OC)c1SC. The van der Waals surface area contributed by atoms with E-state index in [0.29, 0.717) is 0 Å². The van der Waals surface area contributed by atoms with Gasteiger partial charge in [-0.1, -0.05) is 6.07 Å². The highest BCUT2D eigenvalue weighted by molar-refractivity contribution is 7.98. The minimum absolute atomic E-state index is 0.883. The van der Waals surface area contributed by atoms with E-state index in [-0.39, 0.29) is 0 Å². The molecular formula is C14H22N2O2S. The maximum Gasteiger partial charge on any atom is 0.140 e. The van der Waals surface area contributed by atoms with Crippen molar-refractivity contribution in [3.05, 3.63) is 17.7 Å². The van der Waals surface area contributed by atoms with Crippen molar-refractivity contribution in [1.82, 2.24) is 10.2 Å². The third-order valence-electron chi connectivity index (χ3n) is 3.39. The minimum Gasteiger partial charge on any atom is -0.495 e. The molecule has 19 heavy (non-hydrogen) atoms. The zero-order valence-electron chi connectivity index (χ0n) is 11.9. The molecule has 0 atom stereocenters. The minimum atomic E-state index is 0.883. The number of piperazine rings is 1. The summed E-state index contributed by atoms with van der Waals surface area (Å²) in [7, 11) is 3.43. The summed E-state index contributed by atoms with van der Waals surface area (Å²) in [5, 5.41) is 3.37. The number of nitrogens with zero attached hydrogens (tertiary/aromatic N) is 1. The first-order valence-electron chi connectivity index (χ1n) is 6.51. The summed E-state index contributed by atoms with van der Waals surface area (Å²) in [6, 6.07) is 4.14. The number of ether oxygens (including phenoxy) is 2. The van der Waals surface area contributed by atoms with Crippen molar-refractivity contribution in [3.63, 3.8) is 0 Å². The summed E-state index contributed by atoms with van der Waals surface area (Å²) in [4.78, 5) is 3.53. The average molecular weight is 282 g/mol. The first-order valence-corrected chi connectivity index (χ1v) is 7.73. The highest BCUT2D eigenvalue weighted by Gasteiger charge is 2.17. The van der Waals surface area contributed by atoms with Crippen molar-refractivity contribution in [3.8, 4) is 11.5 Å². The summed E-state index contributed by atoms with van der Waals surface area (Å²) < 4.78 is 11.0. The molecule has 0 saturated carbocycles. The Bertz CT molecular complexity index is 420. The molecule has 5 heteroatoms. The van der Waals surface area contributed by atoms with Crippen LogP contribution in [0.4, 0.5) is 0 Å². The van der Waals surface area contributed by atoms with E-state index in [1.165, 1.54) is 5.56 Å². The lowest BCUT2D eigenvalue weighted by Gasteiger charge is -2.28. The van der Waals surface area contributed by atoms with Gasteiger partial charge in [0.25, 0.3) is 0 Å². The Kier molecular flexibility index (Phi) is 5.36. The quantitative estimate of drug-likeness (QED) is 0.833. The van der Waals surface area contributed by atoms with Gasteiger partial charge in [-0.2, -0.15) is 0 Å². The molecule has 1 saturated heterocycles. The van der Waals surface area contributed by atoms with Crippen LogP contribution in [0.5, 0.6) is 11.5 Å². The standard InChI is InChI=1S/C14H22N2O2S/c1-17-12-5-4-11(13(18-2)14(12)19-3)10-16-8-6-15-7-9-16/h4-5,15H,6-10H2,1-3H3. The van der Waals surface area contributed by atoms with Gasteiger partial charge in [0.2, 0.25) is 0 Å². The van der Waals surface area contributed by atoms with Crippen LogP contribution in [0, 0.1) is 0 Å². The van der Waals surface area contributed by atoms with Crippen molar-refractivity contribution in [2.45, 2.75) is 11.4 Å². The van der Waals surface area contributed by atoms with E-state index in [4.69, 9.17) is 9.47 Å². The number of benzene rings is 1. The van der Waals surface area contributed by atoms with Crippen molar-refractivity contribution in [2.75, 3.05) is 46.7 Å². The van der Waals surface area contributed by atoms with E-state index in [0.717, 1.165) is 49.1 Å². The van der Waals surface area contributed by atoms with E-state index in [2.05, 4.69) is 22.5 Å². The van der Waals surface area contributed by atoms with Gasteiger partial charge in [0.05, 0.1) is 19.1 Å². The fourth-order valence-corrected chi connectivity index (χ4v) is 3.15. The summed E-state index contributed by atoms with van der Waals surface area (Å²) >= 11 is 1.67. The van der Waals surface area contributed by atoms with Gasteiger partial charge in [-0.15, -0.1) is 11.8 Å². The molecule has 0 aliphatic carbocycles. The fraction of sp³-hybridized carbons (Fsp3) is 0.571. The molecule has 4 nitrogen and oxygen atoms in total. The number of rotatable bonds is 5. The Morgan fingerprint density at radius 3 is 2.53 bits per heavy atom. The number of methoxy groups -OCH3 is 2. The molecule has 0 aromatic heterocycles. The van der Waals surface area contributed by atoms with Gasteiger partial charge < -0.3 is 14.8 Å². The molecule has 1 N–H and O–H groups in total. The van der Waals surface area contributed by atoms with Crippen molar-refractivity contribution in [1.29, 1.82) is 0 Å². The fourth-order valence-electron chi connectivity index (χ4n) is 2.40. The molecule has 0 spiro atoms. The maximum absolute atomic E-state index is 5.61. The predicted octanol–water partition coefficient (Wildman–Crippen LogP) is 1.83. The molecular weight excluding hydrogens is 260 g/mol. The Morgan fingerprint density at radius 2 is 1.95 bits per heavy atom. The lowest BCUT2D eigenvalue weighted by atomic mass is 10.1. The first kappa shape index (κ1) is 14.5. The summed E-state index contributed by atoms with van der Waals surface area (Å²) in [6.07, 6.45) is 2.05. The predicted molar refractivity (Wildman–Crippen MR) is 79.5 cm³/mol. The van der Waals surface area contributed by atoms with Crippen LogP contribution >= 0.6 is 11.8 Å². The lowest BCUT2D eigenvalue weighted by molar-refractivity contribution is 0.229. The smallest absolute Gasteiger partial charge is 0.140 e. The molecule has 1 aliphatic heterocycles. The molecule has 1 aromatic rings. The van der Waals surface area contributed by atoms with Crippen LogP contribution in [0.25, 0.3) is 0 Å². The highest BCUT2D eigenvalue weighted by atomic mass is 32.2. The molecule has 0 unspecified atom stereocenters. The molecule has 2 rings (SSSR count). The normalized spacial score (nSPS) is 16.4. The second-order valence-corrected chi connectivity index (χ2v) is 5.34. The van der Waals surface area contributed by atoms with Crippen molar-refractivity contribution in [2.24, 2.45) is 0 Å². The third-order valence-corrected chi connectivity index (χ3v) is 4.18. The van der Waals surface area contributed by atoms with Gasteiger partial charge >= 0.3 is 0 Å². The molecule has 0 bridgehead atoms. The number of thioether (sulfide) groups is 1. The maximum atomic E-state index is 5.61. The number of hydrogen-bond acceptors (Lipinski definition) is 5. The summed E-state index contributed by atoms with van der Waals surface area (Å²) in [5.41, 5.74) is 1.23. The number of nitrogens with one attached hydrogen (secondary N) is 1. The van der Waals surface area contributed by atoms with E-state index >= 15 is 0 Å². The third kappa shape index (κ3) is 3.35. The Balaban J connectivity index is 2.23. The first-order chi connectivity index (χ1) is 9.30. The van der Waals surface area contributed by atoms with Gasteiger partial charge in [-0.05, 0) is 12.3 Å². The van der Waals surface area contributed by atoms with Crippen LogP contribution < -0.4 is 14.8 Å². The molecule has 0 amide bonds. The van der Waals surface area contributed by atoms with E-state index in [1.807, 2.05) is 6.07 Å². The Labute approximate surface area is 119 Å². The van der Waals surface area contributed by atoms with Crippen LogP contribution in [0.3, 0.4) is 0 Å². The topological polar surface area (TPSA) is 33.7 Å². The zero-order chi connectivity index (χ0) is 13.7. The number of hydrogen-bond donors (Lipinski definition) is 1. The van der Waals surface area contributed by atoms with E-state index < -0.39 is 0 Å². The van der Waals surface area contributed by atoms with E-state index in [9.17, 15) is 0 Å². The summed E-state index contributed by atoms with van der Waals surface area (Å²) in [6.45, 7) is 5.23. The van der Waals surface area contributed by atoms with E-state index in [1.54, 1.807) is 26.0 Å². The summed E-state index contributed by atoms with van der Waals surface area (Å²) in [5.74, 6) is 1.83. The molecule has 0 radical (unpaired) electrons. The molecule has 106 valence electrons. The second kappa shape index (κ2) is 7.03. The van der Waals surface area contributed by atoms with Crippen molar-refractivity contribution < 1.29 is 9.47 Å². The van der Waals surface area contributed by atoms with Crippen molar-refractivity contribution >= 4 is 11.8 Å². The zero-order valence-corrected chi connectivity index (χ0v) is 12.7. The molecule has 1 aliphatic rings. The lowest BCUT2D eigenvalue weighted by Crippen LogP contribution is -2.42. The van der Waals surface area contributed by atoms with Crippen LogP contribution in [-0.4, -0.2) is 51.6 Å².